The van der Waals surface area contributed by atoms with Crippen LogP contribution < -0.4 is 5.69 Å². The molecule has 0 saturated carbocycles. The number of aromatic amines is 1. The van der Waals surface area contributed by atoms with Crippen LogP contribution in [0, 0.1) is 0 Å². The average molecular weight is 407 g/mol. The van der Waals surface area contributed by atoms with Crippen molar-refractivity contribution in [1.29, 1.82) is 0 Å². The van der Waals surface area contributed by atoms with Crippen LogP contribution in [0.2, 0.25) is 0 Å². The minimum Gasteiger partial charge on any atom is -0.366 e. The highest BCUT2D eigenvalue weighted by Crippen LogP contribution is 2.29. The van der Waals surface area contributed by atoms with Crippen molar-refractivity contribution in [1.82, 2.24) is 33.9 Å². The van der Waals surface area contributed by atoms with Crippen molar-refractivity contribution in [3.8, 4) is 22.6 Å². The SMILES string of the molecule is Cn1c(=O)n(-c2cc[nH]c2)c2c3cc(-c4ccc(-n5cccn5)nc4)ccc3ncc21. The van der Waals surface area contributed by atoms with Gasteiger partial charge in [0.25, 0.3) is 0 Å². The molecule has 5 heterocycles. The molecule has 0 fully saturated rings. The van der Waals surface area contributed by atoms with Crippen LogP contribution in [0.3, 0.4) is 0 Å². The molecule has 5 aromatic heterocycles. The Labute approximate surface area is 176 Å². The van der Waals surface area contributed by atoms with E-state index < -0.39 is 0 Å². The molecule has 1 aromatic carbocycles. The van der Waals surface area contributed by atoms with E-state index >= 15 is 0 Å². The zero-order chi connectivity index (χ0) is 20.9. The van der Waals surface area contributed by atoms with Crippen molar-refractivity contribution in [3.63, 3.8) is 0 Å². The number of aryl methyl sites for hydroxylation is 1. The van der Waals surface area contributed by atoms with Crippen molar-refractivity contribution in [3.05, 3.63) is 90.1 Å². The lowest BCUT2D eigenvalue weighted by atomic mass is 10.0. The lowest BCUT2D eigenvalue weighted by Crippen LogP contribution is -2.20. The number of imidazole rings is 1. The summed E-state index contributed by atoms with van der Waals surface area (Å²) in [6.07, 6.45) is 10.8. The zero-order valence-corrected chi connectivity index (χ0v) is 16.6. The molecule has 0 aliphatic heterocycles. The third-order valence-corrected chi connectivity index (χ3v) is 5.54. The Kier molecular flexibility index (Phi) is 3.66. The summed E-state index contributed by atoms with van der Waals surface area (Å²) in [6.45, 7) is 0. The monoisotopic (exact) mass is 407 g/mol. The number of rotatable bonds is 3. The number of fused-ring (bicyclic) bond motifs is 3. The molecule has 0 bridgehead atoms. The van der Waals surface area contributed by atoms with Gasteiger partial charge < -0.3 is 4.98 Å². The van der Waals surface area contributed by atoms with Crippen molar-refractivity contribution >= 4 is 21.9 Å². The van der Waals surface area contributed by atoms with Crippen LogP contribution in [0.4, 0.5) is 0 Å². The van der Waals surface area contributed by atoms with Gasteiger partial charge in [0.2, 0.25) is 0 Å². The van der Waals surface area contributed by atoms with E-state index in [1.807, 2.05) is 61.2 Å². The molecule has 6 rings (SSSR count). The Bertz CT molecular complexity index is 1590. The van der Waals surface area contributed by atoms with Crippen molar-refractivity contribution in [2.75, 3.05) is 0 Å². The van der Waals surface area contributed by atoms with Crippen LogP contribution in [-0.2, 0) is 7.05 Å². The largest absolute Gasteiger partial charge is 0.366 e. The van der Waals surface area contributed by atoms with Crippen LogP contribution in [0.1, 0.15) is 0 Å². The molecule has 0 radical (unpaired) electrons. The molecular formula is C23H17N7O. The molecule has 8 heteroatoms. The third kappa shape index (κ3) is 2.62. The van der Waals surface area contributed by atoms with Gasteiger partial charge in [0.05, 0.1) is 28.4 Å². The lowest BCUT2D eigenvalue weighted by Gasteiger charge is -2.08. The van der Waals surface area contributed by atoms with Crippen molar-refractivity contribution in [2.24, 2.45) is 7.05 Å². The highest BCUT2D eigenvalue weighted by Gasteiger charge is 2.17. The Hall–Kier alpha value is -4.46. The Balaban J connectivity index is 1.57. The number of hydrogen-bond acceptors (Lipinski definition) is 4. The maximum Gasteiger partial charge on any atom is 0.333 e. The second-order valence-corrected chi connectivity index (χ2v) is 7.33. The van der Waals surface area contributed by atoms with Crippen LogP contribution in [-0.4, -0.2) is 33.9 Å². The van der Waals surface area contributed by atoms with Gasteiger partial charge in [0, 0.05) is 49.0 Å². The maximum absolute atomic E-state index is 13.0. The summed E-state index contributed by atoms with van der Waals surface area (Å²) in [7, 11) is 1.77. The fourth-order valence-electron chi connectivity index (χ4n) is 3.97. The van der Waals surface area contributed by atoms with E-state index in [-0.39, 0.29) is 5.69 Å². The first-order chi connectivity index (χ1) is 15.2. The topological polar surface area (TPSA) is 86.3 Å². The van der Waals surface area contributed by atoms with Gasteiger partial charge in [0.1, 0.15) is 0 Å². The zero-order valence-electron chi connectivity index (χ0n) is 16.6. The average Bonchev–Trinajstić information content (AvgIpc) is 3.56. The van der Waals surface area contributed by atoms with Gasteiger partial charge in [-0.3, -0.25) is 14.1 Å². The summed E-state index contributed by atoms with van der Waals surface area (Å²) in [5, 5.41) is 5.12. The molecule has 0 aliphatic carbocycles. The Morgan fingerprint density at radius 1 is 1.00 bits per heavy atom. The van der Waals surface area contributed by atoms with Crippen LogP contribution >= 0.6 is 0 Å². The number of benzene rings is 1. The summed E-state index contributed by atoms with van der Waals surface area (Å²) in [5.74, 6) is 0.753. The molecule has 0 unspecified atom stereocenters. The van der Waals surface area contributed by atoms with Crippen molar-refractivity contribution in [2.45, 2.75) is 0 Å². The maximum atomic E-state index is 13.0. The van der Waals surface area contributed by atoms with E-state index in [9.17, 15) is 4.79 Å². The van der Waals surface area contributed by atoms with E-state index in [4.69, 9.17) is 0 Å². The summed E-state index contributed by atoms with van der Waals surface area (Å²) in [6, 6.07) is 13.8. The van der Waals surface area contributed by atoms with Gasteiger partial charge in [-0.05, 0) is 42.0 Å². The molecule has 0 spiro atoms. The van der Waals surface area contributed by atoms with Gasteiger partial charge in [-0.2, -0.15) is 5.10 Å². The first kappa shape index (κ1) is 17.4. The molecule has 0 saturated heterocycles. The molecule has 0 atom stereocenters. The van der Waals surface area contributed by atoms with Gasteiger partial charge in [-0.25, -0.2) is 14.5 Å². The highest BCUT2D eigenvalue weighted by atomic mass is 16.1. The summed E-state index contributed by atoms with van der Waals surface area (Å²) in [4.78, 5) is 25.2. The predicted octanol–water partition coefficient (Wildman–Crippen LogP) is 3.45. The standard InChI is InChI=1S/C23H17N7O/c1-28-20-14-25-19-5-3-15(16-4-6-21(26-12-16)29-10-2-8-27-29)11-18(19)22(20)30(23(28)31)17-7-9-24-13-17/h2-14,24H,1H3. The molecule has 31 heavy (non-hydrogen) atoms. The number of nitrogens with one attached hydrogen (secondary N) is 1. The minimum absolute atomic E-state index is 0.112. The lowest BCUT2D eigenvalue weighted by molar-refractivity contribution is 0.846. The normalized spacial score (nSPS) is 11.5. The van der Waals surface area contributed by atoms with Crippen LogP contribution in [0.5, 0.6) is 0 Å². The molecule has 0 aliphatic rings. The summed E-state index contributed by atoms with van der Waals surface area (Å²) in [5.41, 5.74) is 5.09. The fourth-order valence-corrected chi connectivity index (χ4v) is 3.97. The molecule has 8 nitrogen and oxygen atoms in total. The van der Waals surface area contributed by atoms with Gasteiger partial charge in [0.15, 0.2) is 5.82 Å². The first-order valence-corrected chi connectivity index (χ1v) is 9.80. The quantitative estimate of drug-likeness (QED) is 0.487. The second kappa shape index (κ2) is 6.53. The summed E-state index contributed by atoms with van der Waals surface area (Å²) < 4.78 is 5.07. The van der Waals surface area contributed by atoms with E-state index in [1.165, 1.54) is 0 Å². The van der Waals surface area contributed by atoms with Gasteiger partial charge >= 0.3 is 5.69 Å². The number of hydrogen-bond donors (Lipinski definition) is 1. The number of aromatic nitrogens is 7. The van der Waals surface area contributed by atoms with Crippen LogP contribution in [0.25, 0.3) is 44.6 Å². The van der Waals surface area contributed by atoms with Crippen molar-refractivity contribution < 1.29 is 0 Å². The summed E-state index contributed by atoms with van der Waals surface area (Å²) >= 11 is 0. The van der Waals surface area contributed by atoms with E-state index in [0.29, 0.717) is 0 Å². The minimum atomic E-state index is -0.112. The Morgan fingerprint density at radius 3 is 2.65 bits per heavy atom. The molecule has 150 valence electrons. The van der Waals surface area contributed by atoms with E-state index in [1.54, 1.807) is 33.3 Å². The van der Waals surface area contributed by atoms with E-state index in [0.717, 1.165) is 44.6 Å². The molecule has 6 aromatic rings. The second-order valence-electron chi connectivity index (χ2n) is 7.33. The number of nitrogens with zero attached hydrogens (tertiary/aromatic N) is 6. The first-order valence-electron chi connectivity index (χ1n) is 9.80. The number of H-pyrrole nitrogens is 1. The third-order valence-electron chi connectivity index (χ3n) is 5.54. The Morgan fingerprint density at radius 2 is 1.90 bits per heavy atom. The van der Waals surface area contributed by atoms with E-state index in [2.05, 4.69) is 26.1 Å². The molecule has 1 N–H and O–H groups in total. The van der Waals surface area contributed by atoms with Gasteiger partial charge in [-0.1, -0.05) is 6.07 Å². The van der Waals surface area contributed by atoms with Crippen LogP contribution in [0.15, 0.2) is 84.4 Å². The smallest absolute Gasteiger partial charge is 0.333 e. The highest BCUT2D eigenvalue weighted by molar-refractivity contribution is 6.04. The molecular weight excluding hydrogens is 390 g/mol. The molecule has 0 amide bonds. The van der Waals surface area contributed by atoms with Gasteiger partial charge in [-0.15, -0.1) is 0 Å². The number of pyridine rings is 2. The predicted molar refractivity (Wildman–Crippen MR) is 119 cm³/mol. The fraction of sp³-hybridized carbons (Fsp3) is 0.0435.